The third-order valence-electron chi connectivity index (χ3n) is 2.40. The zero-order valence-corrected chi connectivity index (χ0v) is 9.32. The lowest BCUT2D eigenvalue weighted by atomic mass is 10.1. The van der Waals surface area contributed by atoms with Crippen molar-refractivity contribution in [2.75, 3.05) is 6.54 Å². The SMILES string of the molecule is NNC(N)(CCNNC(=O)NC1CC1)C(=O)O. The molecule has 0 aliphatic heterocycles. The molecule has 0 aromatic rings. The van der Waals surface area contributed by atoms with Gasteiger partial charge < -0.3 is 16.2 Å². The Labute approximate surface area is 98.2 Å². The molecule has 2 amide bonds. The zero-order valence-electron chi connectivity index (χ0n) is 9.32. The van der Waals surface area contributed by atoms with Crippen LogP contribution in [0.2, 0.25) is 0 Å². The Hall–Kier alpha value is -1.42. The van der Waals surface area contributed by atoms with Gasteiger partial charge in [0.2, 0.25) is 0 Å². The fourth-order valence-electron chi connectivity index (χ4n) is 1.09. The van der Waals surface area contributed by atoms with Gasteiger partial charge in [0.05, 0.1) is 0 Å². The van der Waals surface area contributed by atoms with Gasteiger partial charge >= 0.3 is 12.0 Å². The monoisotopic (exact) mass is 246 g/mol. The number of carbonyl (C=O) groups excluding carboxylic acids is 1. The highest BCUT2D eigenvalue weighted by atomic mass is 16.4. The molecule has 0 radical (unpaired) electrons. The number of hydrogen-bond acceptors (Lipinski definition) is 6. The molecule has 9 heteroatoms. The van der Waals surface area contributed by atoms with Crippen LogP contribution in [0.3, 0.4) is 0 Å². The molecule has 1 unspecified atom stereocenters. The Kier molecular flexibility index (Phi) is 4.63. The van der Waals surface area contributed by atoms with Gasteiger partial charge in [-0.15, -0.1) is 0 Å². The second-order valence-electron chi connectivity index (χ2n) is 3.97. The maximum absolute atomic E-state index is 11.1. The van der Waals surface area contributed by atoms with Gasteiger partial charge in [0, 0.05) is 19.0 Å². The van der Waals surface area contributed by atoms with Gasteiger partial charge in [-0.05, 0) is 12.8 Å². The summed E-state index contributed by atoms with van der Waals surface area (Å²) < 4.78 is 0. The van der Waals surface area contributed by atoms with Crippen molar-refractivity contribution in [3.8, 4) is 0 Å². The molecule has 1 saturated carbocycles. The van der Waals surface area contributed by atoms with Crippen molar-refractivity contribution in [1.82, 2.24) is 21.6 Å². The molecule has 0 aromatic heterocycles. The summed E-state index contributed by atoms with van der Waals surface area (Å²) in [6.45, 7) is 0.172. The third-order valence-corrected chi connectivity index (χ3v) is 2.40. The van der Waals surface area contributed by atoms with Crippen LogP contribution >= 0.6 is 0 Å². The summed E-state index contributed by atoms with van der Waals surface area (Å²) in [5, 5.41) is 11.5. The van der Waals surface area contributed by atoms with Crippen molar-refractivity contribution < 1.29 is 14.7 Å². The van der Waals surface area contributed by atoms with E-state index >= 15 is 0 Å². The van der Waals surface area contributed by atoms with Crippen molar-refractivity contribution >= 4 is 12.0 Å². The van der Waals surface area contributed by atoms with Crippen LogP contribution in [-0.2, 0) is 4.79 Å². The summed E-state index contributed by atoms with van der Waals surface area (Å²) in [6, 6.07) is -0.0821. The van der Waals surface area contributed by atoms with Gasteiger partial charge in [0.15, 0.2) is 5.66 Å². The first kappa shape index (κ1) is 13.6. The number of aliphatic carboxylic acids is 1. The Bertz CT molecular complexity index is 295. The number of hydrazine groups is 2. The highest BCUT2D eigenvalue weighted by molar-refractivity contribution is 5.77. The summed E-state index contributed by atoms with van der Waals surface area (Å²) in [7, 11) is 0. The lowest BCUT2D eigenvalue weighted by Crippen LogP contribution is -2.63. The van der Waals surface area contributed by atoms with Crippen LogP contribution in [0.4, 0.5) is 4.79 Å². The summed E-state index contributed by atoms with van der Waals surface area (Å²) >= 11 is 0. The number of carbonyl (C=O) groups is 2. The molecule has 1 atom stereocenters. The molecule has 0 spiro atoms. The van der Waals surface area contributed by atoms with Crippen molar-refractivity contribution in [1.29, 1.82) is 0 Å². The number of carboxylic acid groups (broad SMARTS) is 1. The first-order chi connectivity index (χ1) is 7.98. The van der Waals surface area contributed by atoms with Crippen molar-refractivity contribution in [3.05, 3.63) is 0 Å². The molecule has 17 heavy (non-hydrogen) atoms. The van der Waals surface area contributed by atoms with Gasteiger partial charge in [-0.25, -0.2) is 20.4 Å². The minimum atomic E-state index is -1.71. The Morgan fingerprint density at radius 1 is 1.41 bits per heavy atom. The van der Waals surface area contributed by atoms with Crippen LogP contribution in [0.1, 0.15) is 19.3 Å². The molecule has 1 aliphatic carbocycles. The number of rotatable bonds is 7. The number of hydrogen-bond donors (Lipinski definition) is 7. The normalized spacial score (nSPS) is 18.2. The first-order valence-electron chi connectivity index (χ1n) is 5.27. The molecule has 9 nitrogen and oxygen atoms in total. The quantitative estimate of drug-likeness (QED) is 0.114. The Morgan fingerprint density at radius 2 is 2.06 bits per heavy atom. The summed E-state index contributed by atoms with van der Waals surface area (Å²) in [5.41, 5.74) is 10.7. The fourth-order valence-corrected chi connectivity index (χ4v) is 1.09. The predicted molar refractivity (Wildman–Crippen MR) is 59.2 cm³/mol. The number of urea groups is 1. The Morgan fingerprint density at radius 3 is 2.53 bits per heavy atom. The lowest BCUT2D eigenvalue weighted by Gasteiger charge is -2.23. The van der Waals surface area contributed by atoms with Crippen LogP contribution in [0, 0.1) is 0 Å². The molecular formula is C8H18N6O3. The van der Waals surface area contributed by atoms with Gasteiger partial charge in [0.1, 0.15) is 0 Å². The molecule has 1 rings (SSSR count). The van der Waals surface area contributed by atoms with Crippen molar-refractivity contribution in [2.45, 2.75) is 31.0 Å². The average molecular weight is 246 g/mol. The van der Waals surface area contributed by atoms with Crippen LogP contribution in [-0.4, -0.2) is 35.4 Å². The van der Waals surface area contributed by atoms with E-state index in [4.69, 9.17) is 16.7 Å². The summed E-state index contributed by atoms with van der Waals surface area (Å²) in [4.78, 5) is 21.9. The molecule has 0 bridgehead atoms. The van der Waals surface area contributed by atoms with E-state index in [1.807, 2.05) is 5.43 Å². The second-order valence-corrected chi connectivity index (χ2v) is 3.97. The van der Waals surface area contributed by atoms with Crippen LogP contribution in [0.15, 0.2) is 0 Å². The first-order valence-corrected chi connectivity index (χ1v) is 5.27. The number of carboxylic acids is 1. The van der Waals surface area contributed by atoms with Gasteiger partial charge in [0.25, 0.3) is 0 Å². The summed E-state index contributed by atoms with van der Waals surface area (Å²) in [5.74, 6) is 3.78. The lowest BCUT2D eigenvalue weighted by molar-refractivity contribution is -0.145. The second kappa shape index (κ2) is 5.77. The molecule has 0 aromatic carbocycles. The molecule has 0 heterocycles. The Balaban J connectivity index is 2.13. The largest absolute Gasteiger partial charge is 0.479 e. The molecule has 1 fully saturated rings. The van der Waals surface area contributed by atoms with Gasteiger partial charge in [-0.1, -0.05) is 0 Å². The smallest absolute Gasteiger partial charge is 0.340 e. The van der Waals surface area contributed by atoms with E-state index in [9.17, 15) is 9.59 Å². The molecule has 0 saturated heterocycles. The molecular weight excluding hydrogens is 228 g/mol. The van der Waals surface area contributed by atoms with Crippen LogP contribution in [0.5, 0.6) is 0 Å². The third kappa shape index (κ3) is 4.53. The maximum Gasteiger partial charge on any atom is 0.340 e. The van der Waals surface area contributed by atoms with E-state index in [1.165, 1.54) is 0 Å². The standard InChI is InChI=1S/C8H18N6O3/c9-8(14-10,6(15)16)3-4-11-13-7(17)12-5-1-2-5/h5,11,14H,1-4,9-10H2,(H,15,16)(H2,12,13,17). The van der Waals surface area contributed by atoms with E-state index in [1.54, 1.807) is 0 Å². The van der Waals surface area contributed by atoms with E-state index in [-0.39, 0.29) is 25.0 Å². The van der Waals surface area contributed by atoms with Crippen molar-refractivity contribution in [3.63, 3.8) is 0 Å². The molecule has 1 aliphatic rings. The molecule has 98 valence electrons. The number of nitrogens with two attached hydrogens (primary N) is 2. The minimum absolute atomic E-state index is 0.0164. The van der Waals surface area contributed by atoms with E-state index in [0.29, 0.717) is 0 Å². The predicted octanol–water partition coefficient (Wildman–Crippen LogP) is -2.45. The topological polar surface area (TPSA) is 155 Å². The zero-order chi connectivity index (χ0) is 12.9. The highest BCUT2D eigenvalue weighted by Crippen LogP contribution is 2.17. The van der Waals surface area contributed by atoms with Crippen LogP contribution < -0.4 is 33.2 Å². The van der Waals surface area contributed by atoms with Crippen molar-refractivity contribution in [2.24, 2.45) is 11.6 Å². The van der Waals surface area contributed by atoms with Gasteiger partial charge in [-0.3, -0.25) is 11.3 Å². The number of amides is 2. The molecule has 9 N–H and O–H groups in total. The van der Waals surface area contributed by atoms with E-state index < -0.39 is 11.6 Å². The summed E-state index contributed by atoms with van der Waals surface area (Å²) in [6.07, 6.45) is 2.01. The number of nitrogens with one attached hydrogen (secondary N) is 4. The minimum Gasteiger partial charge on any atom is -0.479 e. The average Bonchev–Trinajstić information content (AvgIpc) is 3.07. The van der Waals surface area contributed by atoms with Gasteiger partial charge in [-0.2, -0.15) is 0 Å². The van der Waals surface area contributed by atoms with Crippen LogP contribution in [0.25, 0.3) is 0 Å². The van der Waals surface area contributed by atoms with E-state index in [2.05, 4.69) is 16.2 Å². The maximum atomic E-state index is 11.1. The van der Waals surface area contributed by atoms with E-state index in [0.717, 1.165) is 12.8 Å². The fraction of sp³-hybridized carbons (Fsp3) is 0.750. The highest BCUT2D eigenvalue weighted by Gasteiger charge is 2.32.